The maximum Gasteiger partial charge on any atom is 0.323 e. The van der Waals surface area contributed by atoms with Gasteiger partial charge in [0.15, 0.2) is 0 Å². The van der Waals surface area contributed by atoms with Crippen molar-refractivity contribution in [1.29, 1.82) is 0 Å². The first-order valence-electron chi connectivity index (χ1n) is 5.14. The Bertz CT molecular complexity index is 361. The summed E-state index contributed by atoms with van der Waals surface area (Å²) in [5.74, 6) is -0.0981. The van der Waals surface area contributed by atoms with Crippen molar-refractivity contribution in [2.24, 2.45) is 0 Å². The lowest BCUT2D eigenvalue weighted by Gasteiger charge is -2.30. The highest BCUT2D eigenvalue weighted by Gasteiger charge is 2.30. The van der Waals surface area contributed by atoms with E-state index in [1.165, 1.54) is 10.4 Å². The molecule has 15 heavy (non-hydrogen) atoms. The van der Waals surface area contributed by atoms with Crippen molar-refractivity contribution >= 4 is 17.3 Å². The Labute approximate surface area is 93.7 Å². The molecule has 0 bridgehead atoms. The van der Waals surface area contributed by atoms with Crippen LogP contribution in [0.3, 0.4) is 0 Å². The van der Waals surface area contributed by atoms with E-state index in [0.717, 1.165) is 13.0 Å². The third kappa shape index (κ3) is 2.06. The van der Waals surface area contributed by atoms with Gasteiger partial charge in [0.2, 0.25) is 0 Å². The van der Waals surface area contributed by atoms with Crippen molar-refractivity contribution in [1.82, 2.24) is 4.90 Å². The van der Waals surface area contributed by atoms with Gasteiger partial charge < -0.3 is 4.74 Å². The molecule has 0 amide bonds. The quantitative estimate of drug-likeness (QED) is 0.717. The first kappa shape index (κ1) is 10.6. The van der Waals surface area contributed by atoms with Gasteiger partial charge in [0.05, 0.1) is 6.61 Å². The largest absolute Gasteiger partial charge is 0.465 e. The molecule has 2 heterocycles. The normalized spacial score (nSPS) is 21.1. The SMILES string of the molecule is CCOC(=O)C1Cc2sccc2CN1C. The van der Waals surface area contributed by atoms with Gasteiger partial charge in [-0.1, -0.05) is 0 Å². The molecule has 1 aromatic heterocycles. The van der Waals surface area contributed by atoms with Gasteiger partial charge in [-0.2, -0.15) is 0 Å². The first-order chi connectivity index (χ1) is 7.22. The number of hydrogen-bond donors (Lipinski definition) is 0. The van der Waals surface area contributed by atoms with Gasteiger partial charge in [0.25, 0.3) is 0 Å². The van der Waals surface area contributed by atoms with E-state index in [0.29, 0.717) is 6.61 Å². The molecule has 0 saturated carbocycles. The Morgan fingerprint density at radius 2 is 2.53 bits per heavy atom. The van der Waals surface area contributed by atoms with Crippen LogP contribution < -0.4 is 0 Å². The number of thiophene rings is 1. The molecular weight excluding hydrogens is 210 g/mol. The van der Waals surface area contributed by atoms with Crippen LogP contribution in [0.5, 0.6) is 0 Å². The number of rotatable bonds is 2. The van der Waals surface area contributed by atoms with Gasteiger partial charge >= 0.3 is 5.97 Å². The molecule has 4 heteroatoms. The molecular formula is C11H15NO2S. The second kappa shape index (κ2) is 4.33. The van der Waals surface area contributed by atoms with Crippen LogP contribution in [0, 0.1) is 0 Å². The van der Waals surface area contributed by atoms with Crippen LogP contribution in [0.25, 0.3) is 0 Å². The van der Waals surface area contributed by atoms with Gasteiger partial charge in [0, 0.05) is 17.8 Å². The van der Waals surface area contributed by atoms with E-state index >= 15 is 0 Å². The van der Waals surface area contributed by atoms with Crippen LogP contribution in [-0.4, -0.2) is 30.6 Å². The molecule has 1 aliphatic heterocycles. The number of fused-ring (bicyclic) bond motifs is 1. The lowest BCUT2D eigenvalue weighted by atomic mass is 10.0. The van der Waals surface area contributed by atoms with Crippen LogP contribution in [0.15, 0.2) is 11.4 Å². The van der Waals surface area contributed by atoms with Gasteiger partial charge in [-0.3, -0.25) is 9.69 Å². The smallest absolute Gasteiger partial charge is 0.323 e. The Morgan fingerprint density at radius 1 is 1.73 bits per heavy atom. The molecule has 1 atom stereocenters. The summed E-state index contributed by atoms with van der Waals surface area (Å²) in [5, 5.41) is 2.09. The molecule has 1 unspecified atom stereocenters. The lowest BCUT2D eigenvalue weighted by molar-refractivity contribution is -0.149. The van der Waals surface area contributed by atoms with Crippen LogP contribution in [0.4, 0.5) is 0 Å². The summed E-state index contributed by atoms with van der Waals surface area (Å²) in [7, 11) is 1.97. The van der Waals surface area contributed by atoms with Crippen LogP contribution >= 0.6 is 11.3 Å². The predicted molar refractivity (Wildman–Crippen MR) is 59.9 cm³/mol. The second-order valence-electron chi connectivity index (χ2n) is 3.76. The number of nitrogens with zero attached hydrogens (tertiary/aromatic N) is 1. The Balaban J connectivity index is 2.13. The summed E-state index contributed by atoms with van der Waals surface area (Å²) >= 11 is 1.73. The molecule has 3 nitrogen and oxygen atoms in total. The number of ether oxygens (including phenoxy) is 1. The fourth-order valence-corrected chi connectivity index (χ4v) is 2.83. The van der Waals surface area contributed by atoms with Crippen LogP contribution in [0.1, 0.15) is 17.4 Å². The van der Waals surface area contributed by atoms with Crippen molar-refractivity contribution in [2.75, 3.05) is 13.7 Å². The number of hydrogen-bond acceptors (Lipinski definition) is 4. The third-order valence-electron chi connectivity index (χ3n) is 2.73. The predicted octanol–water partition coefficient (Wildman–Crippen LogP) is 1.67. The highest BCUT2D eigenvalue weighted by molar-refractivity contribution is 7.10. The lowest BCUT2D eigenvalue weighted by Crippen LogP contribution is -2.43. The zero-order chi connectivity index (χ0) is 10.8. The number of carbonyl (C=O) groups is 1. The number of likely N-dealkylation sites (N-methyl/N-ethyl adjacent to an activating group) is 1. The fourth-order valence-electron chi connectivity index (χ4n) is 1.90. The van der Waals surface area contributed by atoms with Crippen LogP contribution in [-0.2, 0) is 22.5 Å². The molecule has 1 aliphatic rings. The molecule has 82 valence electrons. The van der Waals surface area contributed by atoms with E-state index in [1.54, 1.807) is 11.3 Å². The summed E-state index contributed by atoms with van der Waals surface area (Å²) in [6.45, 7) is 3.15. The Kier molecular flexibility index (Phi) is 3.07. The van der Waals surface area contributed by atoms with Crippen LogP contribution in [0.2, 0.25) is 0 Å². The molecule has 0 spiro atoms. The van der Waals surface area contributed by atoms with Crippen molar-refractivity contribution in [2.45, 2.75) is 25.9 Å². The standard InChI is InChI=1S/C11H15NO2S/c1-3-14-11(13)9-6-10-8(4-5-15-10)7-12(9)2/h4-5,9H,3,6-7H2,1-2H3. The summed E-state index contributed by atoms with van der Waals surface area (Å²) in [6, 6.07) is 2.04. The summed E-state index contributed by atoms with van der Waals surface area (Å²) < 4.78 is 5.07. The minimum Gasteiger partial charge on any atom is -0.465 e. The highest BCUT2D eigenvalue weighted by atomic mass is 32.1. The van der Waals surface area contributed by atoms with E-state index in [9.17, 15) is 4.79 Å². The van der Waals surface area contributed by atoms with Crippen molar-refractivity contribution in [3.63, 3.8) is 0 Å². The fraction of sp³-hybridized carbons (Fsp3) is 0.545. The first-order valence-corrected chi connectivity index (χ1v) is 6.02. The summed E-state index contributed by atoms with van der Waals surface area (Å²) in [4.78, 5) is 15.1. The topological polar surface area (TPSA) is 29.5 Å². The zero-order valence-electron chi connectivity index (χ0n) is 9.03. The minimum atomic E-state index is -0.101. The Morgan fingerprint density at radius 3 is 3.27 bits per heavy atom. The third-order valence-corrected chi connectivity index (χ3v) is 3.71. The van der Waals surface area contributed by atoms with E-state index in [1.807, 2.05) is 14.0 Å². The van der Waals surface area contributed by atoms with E-state index in [-0.39, 0.29) is 12.0 Å². The number of carbonyl (C=O) groups excluding carboxylic acids is 1. The molecule has 0 N–H and O–H groups in total. The van der Waals surface area contributed by atoms with Crippen molar-refractivity contribution in [3.05, 3.63) is 21.9 Å². The Hall–Kier alpha value is -0.870. The average Bonchev–Trinajstić information content (AvgIpc) is 2.63. The maximum absolute atomic E-state index is 11.7. The van der Waals surface area contributed by atoms with Crippen molar-refractivity contribution in [3.8, 4) is 0 Å². The second-order valence-corrected chi connectivity index (χ2v) is 4.76. The zero-order valence-corrected chi connectivity index (χ0v) is 9.84. The molecule has 0 saturated heterocycles. The monoisotopic (exact) mass is 225 g/mol. The van der Waals surface area contributed by atoms with Crippen molar-refractivity contribution < 1.29 is 9.53 Å². The van der Waals surface area contributed by atoms with E-state index in [2.05, 4.69) is 16.3 Å². The van der Waals surface area contributed by atoms with E-state index < -0.39 is 0 Å². The molecule has 0 fully saturated rings. The summed E-state index contributed by atoms with van der Waals surface area (Å²) in [6.07, 6.45) is 0.794. The molecule has 2 rings (SSSR count). The molecule has 0 radical (unpaired) electrons. The maximum atomic E-state index is 11.7. The van der Waals surface area contributed by atoms with Gasteiger partial charge in [-0.05, 0) is 31.0 Å². The van der Waals surface area contributed by atoms with E-state index in [4.69, 9.17) is 4.74 Å². The molecule has 0 aliphatic carbocycles. The number of esters is 1. The molecule has 1 aromatic rings. The van der Waals surface area contributed by atoms with Gasteiger partial charge in [0.1, 0.15) is 6.04 Å². The van der Waals surface area contributed by atoms with Gasteiger partial charge in [-0.15, -0.1) is 11.3 Å². The molecule has 0 aromatic carbocycles. The summed E-state index contributed by atoms with van der Waals surface area (Å²) in [5.41, 5.74) is 1.35. The minimum absolute atomic E-state index is 0.0981. The average molecular weight is 225 g/mol. The van der Waals surface area contributed by atoms with Gasteiger partial charge in [-0.25, -0.2) is 0 Å². The highest BCUT2D eigenvalue weighted by Crippen LogP contribution is 2.27.